The second kappa shape index (κ2) is 0.784. The van der Waals surface area contributed by atoms with Gasteiger partial charge in [-0.2, -0.15) is 0 Å². The molecule has 0 amide bonds. The van der Waals surface area contributed by atoms with Crippen LogP contribution in [0.1, 0.15) is 12.8 Å². The molecule has 1 nitrogen and oxygen atoms in total. The highest BCUT2D eigenvalue weighted by Gasteiger charge is 2.37. The molecule has 1 saturated heterocycles. The lowest BCUT2D eigenvalue weighted by Gasteiger charge is -1.76. The van der Waals surface area contributed by atoms with Gasteiger partial charge in [0.05, 0.1) is 0 Å². The molecular weight excluding hydrogens is 74.1 g/mol. The molecule has 1 atom stereocenters. The van der Waals surface area contributed by atoms with Crippen LogP contribution in [-0.2, 0) is 0 Å². The molecule has 34 valence electrons. The maximum absolute atomic E-state index is 3.30. The van der Waals surface area contributed by atoms with E-state index in [0.717, 1.165) is 12.0 Å². The number of hydrogen-bond acceptors (Lipinski definition) is 1. The van der Waals surface area contributed by atoms with Crippen molar-refractivity contribution in [2.75, 3.05) is 6.54 Å². The Bertz CT molecular complexity index is 52.3. The zero-order valence-corrected chi connectivity index (χ0v) is 3.78. The molecule has 0 spiro atoms. The van der Waals surface area contributed by atoms with Gasteiger partial charge < -0.3 is 5.32 Å². The van der Waals surface area contributed by atoms with E-state index in [9.17, 15) is 0 Å². The van der Waals surface area contributed by atoms with Gasteiger partial charge in [0.1, 0.15) is 0 Å². The molecule has 0 aromatic carbocycles. The van der Waals surface area contributed by atoms with Gasteiger partial charge in [-0.3, -0.25) is 0 Å². The summed E-state index contributed by atoms with van der Waals surface area (Å²) in [5, 5.41) is 3.30. The quantitative estimate of drug-likeness (QED) is 0.454. The molecule has 6 heavy (non-hydrogen) atoms. The van der Waals surface area contributed by atoms with Gasteiger partial charge in [-0.25, -0.2) is 0 Å². The van der Waals surface area contributed by atoms with Crippen molar-refractivity contribution in [3.8, 4) is 0 Å². The van der Waals surface area contributed by atoms with E-state index in [1.165, 1.54) is 19.4 Å². The van der Waals surface area contributed by atoms with E-state index in [0.29, 0.717) is 0 Å². The van der Waals surface area contributed by atoms with Gasteiger partial charge in [0.2, 0.25) is 0 Å². The van der Waals surface area contributed by atoms with Crippen LogP contribution >= 0.6 is 0 Å². The average molecular weight is 83.1 g/mol. The van der Waals surface area contributed by atoms with Gasteiger partial charge in [-0.05, 0) is 18.8 Å². The molecule has 2 aliphatic rings. The summed E-state index contributed by atoms with van der Waals surface area (Å²) in [6.07, 6.45) is 3.00. The molecule has 1 aliphatic heterocycles. The van der Waals surface area contributed by atoms with Crippen LogP contribution in [0.2, 0.25) is 0 Å². The molecule has 2 fully saturated rings. The summed E-state index contributed by atoms with van der Waals surface area (Å²) >= 11 is 0. The van der Waals surface area contributed by atoms with Crippen molar-refractivity contribution in [3.63, 3.8) is 0 Å². The summed E-state index contributed by atoms with van der Waals surface area (Å²) in [5.74, 6) is 1.10. The van der Waals surface area contributed by atoms with Crippen LogP contribution in [-0.4, -0.2) is 12.6 Å². The van der Waals surface area contributed by atoms with Gasteiger partial charge in [-0.15, -0.1) is 0 Å². The van der Waals surface area contributed by atoms with Gasteiger partial charge in [-0.1, -0.05) is 0 Å². The Morgan fingerprint density at radius 1 is 1.33 bits per heavy atom. The summed E-state index contributed by atoms with van der Waals surface area (Å²) < 4.78 is 0. The minimum Gasteiger partial charge on any atom is -0.311 e. The molecule has 1 heteroatoms. The molecule has 1 N–H and O–H groups in total. The third kappa shape index (κ3) is 0.350. The Morgan fingerprint density at radius 3 is 2.17 bits per heavy atom. The van der Waals surface area contributed by atoms with E-state index in [2.05, 4.69) is 5.32 Å². The lowest BCUT2D eigenvalue weighted by atomic mass is 10.3. The minimum atomic E-state index is 0.963. The zero-order chi connectivity index (χ0) is 3.98. The third-order valence-corrected chi connectivity index (χ3v) is 1.63. The predicted octanol–water partition coefficient (Wildman–Crippen LogP) is 0.368. The lowest BCUT2D eigenvalue weighted by molar-refractivity contribution is 0.808. The van der Waals surface area contributed by atoms with E-state index in [1.807, 2.05) is 0 Å². The fraction of sp³-hybridized carbons (Fsp3) is 1.00. The average Bonchev–Trinajstić information content (AvgIpc) is 2.26. The number of nitrogens with one attached hydrogen (secondary N) is 1. The van der Waals surface area contributed by atoms with Crippen molar-refractivity contribution < 1.29 is 0 Å². The smallest absolute Gasteiger partial charge is 0.0221 e. The first-order chi connectivity index (χ1) is 2.97. The third-order valence-electron chi connectivity index (χ3n) is 1.63. The standard InChI is InChI=1S/C5H9N/c1-2-4(1)5-3-6-5/h4-6H,1-3H2. The molecule has 0 aromatic rings. The Hall–Kier alpha value is -0.0400. The Morgan fingerprint density at radius 2 is 2.00 bits per heavy atom. The lowest BCUT2D eigenvalue weighted by Crippen LogP contribution is -1.89. The normalized spacial score (nSPS) is 43.0. The van der Waals surface area contributed by atoms with Crippen molar-refractivity contribution in [3.05, 3.63) is 0 Å². The fourth-order valence-electron chi connectivity index (χ4n) is 0.900. The summed E-state index contributed by atoms with van der Waals surface area (Å²) in [4.78, 5) is 0. The van der Waals surface area contributed by atoms with Crippen LogP contribution < -0.4 is 5.32 Å². The molecule has 0 radical (unpaired) electrons. The summed E-state index contributed by atoms with van der Waals surface area (Å²) in [5.41, 5.74) is 0. The second-order valence-electron chi connectivity index (χ2n) is 2.35. The molecule has 1 unspecified atom stereocenters. The molecule has 1 aliphatic carbocycles. The molecule has 0 bridgehead atoms. The first-order valence-electron chi connectivity index (χ1n) is 2.70. The molecular formula is C5H9N. The van der Waals surface area contributed by atoms with E-state index in [4.69, 9.17) is 0 Å². The van der Waals surface area contributed by atoms with Crippen LogP contribution in [0.4, 0.5) is 0 Å². The van der Waals surface area contributed by atoms with Crippen molar-refractivity contribution in [1.82, 2.24) is 5.32 Å². The number of rotatable bonds is 1. The first kappa shape index (κ1) is 3.03. The fourth-order valence-corrected chi connectivity index (χ4v) is 0.900. The van der Waals surface area contributed by atoms with Crippen LogP contribution in [0.5, 0.6) is 0 Å². The van der Waals surface area contributed by atoms with Gasteiger partial charge in [0.15, 0.2) is 0 Å². The Kier molecular flexibility index (Phi) is 0.396. The highest BCUT2D eigenvalue weighted by Crippen LogP contribution is 2.35. The highest BCUT2D eigenvalue weighted by atomic mass is 15.1. The van der Waals surface area contributed by atoms with Crippen LogP contribution in [0, 0.1) is 5.92 Å². The topological polar surface area (TPSA) is 21.9 Å². The Balaban J connectivity index is 1.92. The van der Waals surface area contributed by atoms with Crippen LogP contribution in [0.25, 0.3) is 0 Å². The van der Waals surface area contributed by atoms with E-state index in [-0.39, 0.29) is 0 Å². The zero-order valence-electron chi connectivity index (χ0n) is 3.78. The van der Waals surface area contributed by atoms with Gasteiger partial charge in [0.25, 0.3) is 0 Å². The van der Waals surface area contributed by atoms with Crippen LogP contribution in [0.15, 0.2) is 0 Å². The predicted molar refractivity (Wildman–Crippen MR) is 24.5 cm³/mol. The molecule has 1 heterocycles. The first-order valence-corrected chi connectivity index (χ1v) is 2.70. The maximum atomic E-state index is 3.30. The van der Waals surface area contributed by atoms with Crippen molar-refractivity contribution in [2.24, 2.45) is 5.92 Å². The van der Waals surface area contributed by atoms with Crippen molar-refractivity contribution >= 4 is 0 Å². The van der Waals surface area contributed by atoms with Gasteiger partial charge >= 0.3 is 0 Å². The van der Waals surface area contributed by atoms with Gasteiger partial charge in [0, 0.05) is 12.6 Å². The SMILES string of the molecule is C1CC1C1CN1. The van der Waals surface area contributed by atoms with E-state index < -0.39 is 0 Å². The molecule has 0 aromatic heterocycles. The number of hydrogen-bond donors (Lipinski definition) is 1. The summed E-state index contributed by atoms with van der Waals surface area (Å²) in [6, 6.07) is 0.963. The van der Waals surface area contributed by atoms with Crippen molar-refractivity contribution in [2.45, 2.75) is 18.9 Å². The van der Waals surface area contributed by atoms with Crippen molar-refractivity contribution in [1.29, 1.82) is 0 Å². The van der Waals surface area contributed by atoms with E-state index >= 15 is 0 Å². The maximum Gasteiger partial charge on any atom is 0.0221 e. The van der Waals surface area contributed by atoms with Crippen LogP contribution in [0.3, 0.4) is 0 Å². The largest absolute Gasteiger partial charge is 0.311 e. The summed E-state index contributed by atoms with van der Waals surface area (Å²) in [7, 11) is 0. The molecule has 2 rings (SSSR count). The Labute approximate surface area is 37.7 Å². The highest BCUT2D eigenvalue weighted by molar-refractivity contribution is 4.96. The molecule has 1 saturated carbocycles. The minimum absolute atomic E-state index is 0.963. The monoisotopic (exact) mass is 83.1 g/mol. The summed E-state index contributed by atoms with van der Waals surface area (Å²) in [6.45, 7) is 1.31. The van der Waals surface area contributed by atoms with E-state index in [1.54, 1.807) is 0 Å². The second-order valence-corrected chi connectivity index (χ2v) is 2.35.